The van der Waals surface area contributed by atoms with Crippen LogP contribution in [-0.2, 0) is 20.2 Å². The molecule has 0 bridgehead atoms. The van der Waals surface area contributed by atoms with Gasteiger partial charge in [0.05, 0.1) is 29.0 Å². The molecule has 0 aliphatic carbocycles. The Morgan fingerprint density at radius 1 is 1.50 bits per heavy atom. The monoisotopic (exact) mass is 283 g/mol. The Kier molecular flexibility index (Phi) is 3.16. The smallest absolute Gasteiger partial charge is 0.0832 e. The van der Waals surface area contributed by atoms with Crippen molar-refractivity contribution in [2.75, 3.05) is 0 Å². The van der Waals surface area contributed by atoms with Crippen LogP contribution in [-0.4, -0.2) is 19.5 Å². The number of nitrogens with zero attached hydrogens (tertiary/aromatic N) is 3. The number of rotatable bonds is 3. The highest BCUT2D eigenvalue weighted by Crippen LogP contribution is 2.21. The van der Waals surface area contributed by atoms with Gasteiger partial charge in [-0.3, -0.25) is 4.68 Å². The van der Waals surface area contributed by atoms with Gasteiger partial charge in [0.25, 0.3) is 0 Å². The van der Waals surface area contributed by atoms with Crippen LogP contribution in [0.3, 0.4) is 0 Å². The molecule has 2 aromatic rings. The first-order valence-corrected chi connectivity index (χ1v) is 5.85. The van der Waals surface area contributed by atoms with Crippen LogP contribution >= 0.6 is 15.9 Å². The second-order valence-corrected chi connectivity index (χ2v) is 4.55. The van der Waals surface area contributed by atoms with Gasteiger partial charge in [-0.25, -0.2) is 0 Å². The number of aromatic nitrogens is 3. The van der Waals surface area contributed by atoms with Gasteiger partial charge in [-0.15, -0.1) is 0 Å². The summed E-state index contributed by atoms with van der Waals surface area (Å²) in [7, 11) is 1.93. The predicted octanol–water partition coefficient (Wildman–Crippen LogP) is 1.83. The summed E-state index contributed by atoms with van der Waals surface area (Å²) in [5.74, 6) is 0. The van der Waals surface area contributed by atoms with Gasteiger partial charge in [-0.05, 0) is 35.0 Å². The van der Waals surface area contributed by atoms with Crippen molar-refractivity contribution in [1.29, 1.82) is 0 Å². The number of hydrogen-bond donors (Lipinski definition) is 1. The standard InChI is InChI=1S/C11H14BrN3O/c1-8-11(12)10(14(2)13-8)6-15-5-3-4-9(15)7-16/h3-5,16H,6-7H2,1-2H3. The fourth-order valence-corrected chi connectivity index (χ4v) is 2.22. The lowest BCUT2D eigenvalue weighted by molar-refractivity contribution is 0.271. The van der Waals surface area contributed by atoms with E-state index >= 15 is 0 Å². The maximum absolute atomic E-state index is 9.17. The van der Waals surface area contributed by atoms with E-state index in [9.17, 15) is 5.11 Å². The minimum Gasteiger partial charge on any atom is -0.390 e. The van der Waals surface area contributed by atoms with Crippen LogP contribution in [0.25, 0.3) is 0 Å². The molecule has 0 radical (unpaired) electrons. The van der Waals surface area contributed by atoms with E-state index < -0.39 is 0 Å². The van der Waals surface area contributed by atoms with Crippen LogP contribution < -0.4 is 0 Å². The fraction of sp³-hybridized carbons (Fsp3) is 0.364. The Morgan fingerprint density at radius 2 is 2.25 bits per heavy atom. The minimum absolute atomic E-state index is 0.0570. The normalized spacial score (nSPS) is 11.0. The van der Waals surface area contributed by atoms with E-state index in [1.807, 2.05) is 41.5 Å². The van der Waals surface area contributed by atoms with Crippen molar-refractivity contribution in [3.8, 4) is 0 Å². The first kappa shape index (κ1) is 11.4. The maximum Gasteiger partial charge on any atom is 0.0832 e. The topological polar surface area (TPSA) is 43.0 Å². The third-order valence-electron chi connectivity index (χ3n) is 2.67. The fourth-order valence-electron chi connectivity index (χ4n) is 1.76. The van der Waals surface area contributed by atoms with Gasteiger partial charge in [0.15, 0.2) is 0 Å². The van der Waals surface area contributed by atoms with E-state index in [1.54, 1.807) is 0 Å². The molecular formula is C11H14BrN3O. The molecule has 0 atom stereocenters. The maximum atomic E-state index is 9.17. The predicted molar refractivity (Wildman–Crippen MR) is 65.1 cm³/mol. The molecule has 0 aliphatic rings. The highest BCUT2D eigenvalue weighted by molar-refractivity contribution is 9.10. The number of aryl methyl sites for hydroxylation is 2. The summed E-state index contributed by atoms with van der Waals surface area (Å²) in [6.45, 7) is 2.73. The molecule has 2 heterocycles. The Balaban J connectivity index is 2.34. The summed E-state index contributed by atoms with van der Waals surface area (Å²) in [6, 6.07) is 3.85. The average molecular weight is 284 g/mol. The highest BCUT2D eigenvalue weighted by atomic mass is 79.9. The highest BCUT2D eigenvalue weighted by Gasteiger charge is 2.11. The Labute approximate surface area is 103 Å². The summed E-state index contributed by atoms with van der Waals surface area (Å²) >= 11 is 3.53. The van der Waals surface area contributed by atoms with Crippen molar-refractivity contribution < 1.29 is 5.11 Å². The van der Waals surface area contributed by atoms with Gasteiger partial charge in [-0.2, -0.15) is 5.10 Å². The zero-order valence-corrected chi connectivity index (χ0v) is 10.9. The molecule has 16 heavy (non-hydrogen) atoms. The Morgan fingerprint density at radius 3 is 2.81 bits per heavy atom. The molecule has 2 aromatic heterocycles. The molecule has 0 amide bonds. The lowest BCUT2D eigenvalue weighted by Crippen LogP contribution is -2.07. The molecule has 0 fully saturated rings. The molecule has 0 spiro atoms. The first-order chi connectivity index (χ1) is 7.63. The molecule has 4 nitrogen and oxygen atoms in total. The molecule has 0 saturated heterocycles. The molecule has 0 unspecified atom stereocenters. The van der Waals surface area contributed by atoms with Crippen LogP contribution in [0.4, 0.5) is 0 Å². The van der Waals surface area contributed by atoms with Crippen molar-refractivity contribution in [3.63, 3.8) is 0 Å². The van der Waals surface area contributed by atoms with E-state index in [1.165, 1.54) is 0 Å². The first-order valence-electron chi connectivity index (χ1n) is 5.06. The summed E-state index contributed by atoms with van der Waals surface area (Å²) in [6.07, 6.45) is 1.96. The third kappa shape index (κ3) is 1.92. The van der Waals surface area contributed by atoms with Crippen LogP contribution in [0.15, 0.2) is 22.8 Å². The van der Waals surface area contributed by atoms with E-state index in [2.05, 4.69) is 21.0 Å². The molecule has 0 aromatic carbocycles. The quantitative estimate of drug-likeness (QED) is 0.934. The SMILES string of the molecule is Cc1nn(C)c(Cn2cccc2CO)c1Br. The molecular weight excluding hydrogens is 270 g/mol. The lowest BCUT2D eigenvalue weighted by atomic mass is 10.3. The van der Waals surface area contributed by atoms with Gasteiger partial charge >= 0.3 is 0 Å². The summed E-state index contributed by atoms with van der Waals surface area (Å²) in [5, 5.41) is 13.5. The van der Waals surface area contributed by atoms with Gasteiger partial charge in [0.1, 0.15) is 0 Å². The molecule has 5 heteroatoms. The largest absolute Gasteiger partial charge is 0.390 e. The molecule has 2 rings (SSSR count). The Bertz CT molecular complexity index is 501. The van der Waals surface area contributed by atoms with Crippen LogP contribution in [0.2, 0.25) is 0 Å². The van der Waals surface area contributed by atoms with E-state index in [-0.39, 0.29) is 6.61 Å². The van der Waals surface area contributed by atoms with E-state index in [0.29, 0.717) is 6.54 Å². The van der Waals surface area contributed by atoms with Crippen molar-refractivity contribution in [2.45, 2.75) is 20.1 Å². The van der Waals surface area contributed by atoms with Crippen LogP contribution in [0.1, 0.15) is 17.1 Å². The third-order valence-corrected chi connectivity index (χ3v) is 3.70. The summed E-state index contributed by atoms with van der Waals surface area (Å²) < 4.78 is 4.91. The number of aliphatic hydroxyl groups excluding tert-OH is 1. The van der Waals surface area contributed by atoms with E-state index in [0.717, 1.165) is 21.6 Å². The molecule has 1 N–H and O–H groups in total. The molecule has 0 aliphatic heterocycles. The lowest BCUT2D eigenvalue weighted by Gasteiger charge is -2.08. The number of halogens is 1. The minimum atomic E-state index is 0.0570. The van der Waals surface area contributed by atoms with Gasteiger partial charge in [0, 0.05) is 18.9 Å². The summed E-state index contributed by atoms with van der Waals surface area (Å²) in [5.41, 5.74) is 2.99. The van der Waals surface area contributed by atoms with Crippen molar-refractivity contribution in [2.24, 2.45) is 7.05 Å². The number of hydrogen-bond acceptors (Lipinski definition) is 2. The van der Waals surface area contributed by atoms with Crippen molar-refractivity contribution in [1.82, 2.24) is 14.3 Å². The summed E-state index contributed by atoms with van der Waals surface area (Å²) in [4.78, 5) is 0. The van der Waals surface area contributed by atoms with Gasteiger partial charge in [-0.1, -0.05) is 0 Å². The second kappa shape index (κ2) is 4.43. The van der Waals surface area contributed by atoms with E-state index in [4.69, 9.17) is 0 Å². The molecule has 0 saturated carbocycles. The van der Waals surface area contributed by atoms with Gasteiger partial charge < -0.3 is 9.67 Å². The zero-order chi connectivity index (χ0) is 11.7. The number of aliphatic hydroxyl groups is 1. The second-order valence-electron chi connectivity index (χ2n) is 3.76. The van der Waals surface area contributed by atoms with Crippen LogP contribution in [0, 0.1) is 6.92 Å². The van der Waals surface area contributed by atoms with Crippen molar-refractivity contribution >= 4 is 15.9 Å². The molecule has 86 valence electrons. The van der Waals surface area contributed by atoms with Crippen molar-refractivity contribution in [3.05, 3.63) is 39.9 Å². The van der Waals surface area contributed by atoms with Crippen LogP contribution in [0.5, 0.6) is 0 Å². The van der Waals surface area contributed by atoms with Gasteiger partial charge in [0.2, 0.25) is 0 Å². The zero-order valence-electron chi connectivity index (χ0n) is 9.31. The Hall–Kier alpha value is -1.07. The average Bonchev–Trinajstić information content (AvgIpc) is 2.79.